The number of hydrogen-bond acceptors (Lipinski definition) is 2. The maximum Gasteiger partial charge on any atom is 0.390 e. The molecule has 0 saturated heterocycles. The first-order chi connectivity index (χ1) is 5.88. The molecule has 0 fully saturated rings. The van der Waals surface area contributed by atoms with E-state index in [-0.39, 0.29) is 0 Å². The van der Waals surface area contributed by atoms with Gasteiger partial charge in [-0.15, -0.1) is 11.3 Å². The van der Waals surface area contributed by atoms with Crippen LogP contribution in [0.15, 0.2) is 12.1 Å². The average Bonchev–Trinajstić information content (AvgIpc) is 2.31. The number of rotatable bonds is 2. The van der Waals surface area contributed by atoms with Crippen molar-refractivity contribution in [2.24, 2.45) is 5.73 Å². The van der Waals surface area contributed by atoms with Crippen molar-refractivity contribution in [3.63, 3.8) is 0 Å². The molecular weight excluding hydrogens is 223 g/mol. The van der Waals surface area contributed by atoms with Crippen LogP contribution in [0, 0.1) is 0 Å². The first-order valence-electron chi connectivity index (χ1n) is 3.46. The molecular formula is C7H7ClF3NS. The normalized spacial score (nSPS) is 14.5. The van der Waals surface area contributed by atoms with Crippen LogP contribution in [-0.2, 0) is 0 Å². The Morgan fingerprint density at radius 1 is 1.46 bits per heavy atom. The van der Waals surface area contributed by atoms with Gasteiger partial charge in [0.15, 0.2) is 0 Å². The topological polar surface area (TPSA) is 26.0 Å². The summed E-state index contributed by atoms with van der Waals surface area (Å²) >= 11 is 6.63. The summed E-state index contributed by atoms with van der Waals surface area (Å²) in [6, 6.07) is 2.05. The van der Waals surface area contributed by atoms with Gasteiger partial charge in [0.1, 0.15) is 0 Å². The minimum Gasteiger partial charge on any atom is -0.323 e. The third-order valence-electron chi connectivity index (χ3n) is 1.41. The van der Waals surface area contributed by atoms with Crippen LogP contribution in [0.25, 0.3) is 0 Å². The van der Waals surface area contributed by atoms with E-state index in [2.05, 4.69) is 0 Å². The third kappa shape index (κ3) is 3.54. The second-order valence-corrected chi connectivity index (χ2v) is 4.31. The lowest BCUT2D eigenvalue weighted by atomic mass is 10.2. The Labute approximate surface area is 82.3 Å². The van der Waals surface area contributed by atoms with E-state index in [0.29, 0.717) is 9.21 Å². The van der Waals surface area contributed by atoms with E-state index >= 15 is 0 Å². The van der Waals surface area contributed by atoms with Gasteiger partial charge in [-0.25, -0.2) is 0 Å². The zero-order valence-corrected chi connectivity index (χ0v) is 8.01. The highest BCUT2D eigenvalue weighted by Gasteiger charge is 2.31. The zero-order valence-electron chi connectivity index (χ0n) is 6.44. The molecule has 1 aromatic rings. The highest BCUT2D eigenvalue weighted by Crippen LogP contribution is 2.32. The van der Waals surface area contributed by atoms with Crippen LogP contribution in [0.3, 0.4) is 0 Å². The van der Waals surface area contributed by atoms with Crippen LogP contribution in [0.4, 0.5) is 13.2 Å². The SMILES string of the molecule is N[C@H](CC(F)(F)F)c1ccc(Cl)s1. The summed E-state index contributed by atoms with van der Waals surface area (Å²) in [5.41, 5.74) is 5.33. The fourth-order valence-electron chi connectivity index (χ4n) is 0.878. The first-order valence-corrected chi connectivity index (χ1v) is 4.65. The number of halogens is 4. The number of hydrogen-bond donors (Lipinski definition) is 1. The standard InChI is InChI=1S/C7H7ClF3NS/c8-6-2-1-5(13-6)4(12)3-7(9,10)11/h1-2,4H,3,12H2/t4-/m1/s1. The third-order valence-corrected chi connectivity index (χ3v) is 2.77. The molecule has 1 aromatic heterocycles. The van der Waals surface area contributed by atoms with E-state index < -0.39 is 18.6 Å². The Balaban J connectivity index is 2.64. The molecule has 1 nitrogen and oxygen atoms in total. The molecule has 1 rings (SSSR count). The van der Waals surface area contributed by atoms with E-state index in [4.69, 9.17) is 17.3 Å². The second-order valence-electron chi connectivity index (χ2n) is 2.57. The molecule has 0 aliphatic heterocycles. The number of thiophene rings is 1. The van der Waals surface area contributed by atoms with Crippen LogP contribution in [-0.4, -0.2) is 6.18 Å². The van der Waals surface area contributed by atoms with Gasteiger partial charge in [0, 0.05) is 10.9 Å². The maximum absolute atomic E-state index is 11.9. The molecule has 1 heterocycles. The van der Waals surface area contributed by atoms with Crippen molar-refractivity contribution in [3.05, 3.63) is 21.3 Å². The van der Waals surface area contributed by atoms with Crippen molar-refractivity contribution in [2.75, 3.05) is 0 Å². The number of nitrogens with two attached hydrogens (primary N) is 1. The Bertz CT molecular complexity index is 284. The monoisotopic (exact) mass is 229 g/mol. The van der Waals surface area contributed by atoms with Crippen molar-refractivity contribution in [2.45, 2.75) is 18.6 Å². The van der Waals surface area contributed by atoms with Crippen LogP contribution < -0.4 is 5.73 Å². The van der Waals surface area contributed by atoms with Crippen LogP contribution in [0.1, 0.15) is 17.3 Å². The van der Waals surface area contributed by atoms with Gasteiger partial charge in [0.25, 0.3) is 0 Å². The molecule has 13 heavy (non-hydrogen) atoms. The van der Waals surface area contributed by atoms with Crippen LogP contribution in [0.2, 0.25) is 4.34 Å². The summed E-state index contributed by atoms with van der Waals surface area (Å²) < 4.78 is 36.1. The van der Waals surface area contributed by atoms with Gasteiger partial charge in [-0.05, 0) is 12.1 Å². The van der Waals surface area contributed by atoms with E-state index in [9.17, 15) is 13.2 Å². The second kappa shape index (κ2) is 3.86. The fraction of sp³-hybridized carbons (Fsp3) is 0.429. The van der Waals surface area contributed by atoms with Gasteiger partial charge in [-0.2, -0.15) is 13.2 Å². The molecule has 0 aromatic carbocycles. The zero-order chi connectivity index (χ0) is 10.1. The minimum atomic E-state index is -4.23. The molecule has 0 aliphatic rings. The molecule has 0 bridgehead atoms. The van der Waals surface area contributed by atoms with Gasteiger partial charge in [-0.3, -0.25) is 0 Å². The van der Waals surface area contributed by atoms with Crippen molar-refractivity contribution in [1.82, 2.24) is 0 Å². The van der Waals surface area contributed by atoms with Gasteiger partial charge in [0.2, 0.25) is 0 Å². The average molecular weight is 230 g/mol. The molecule has 0 radical (unpaired) electrons. The van der Waals surface area contributed by atoms with Gasteiger partial charge < -0.3 is 5.73 Å². The van der Waals surface area contributed by atoms with Gasteiger partial charge in [-0.1, -0.05) is 11.6 Å². The van der Waals surface area contributed by atoms with E-state index in [0.717, 1.165) is 11.3 Å². The van der Waals surface area contributed by atoms with Crippen LogP contribution >= 0.6 is 22.9 Å². The first kappa shape index (κ1) is 10.8. The molecule has 2 N–H and O–H groups in total. The van der Waals surface area contributed by atoms with Crippen LogP contribution in [0.5, 0.6) is 0 Å². The summed E-state index contributed by atoms with van der Waals surface area (Å²) in [7, 11) is 0. The van der Waals surface area contributed by atoms with Crippen molar-refractivity contribution < 1.29 is 13.2 Å². The lowest BCUT2D eigenvalue weighted by Gasteiger charge is -2.11. The predicted octanol–water partition coefficient (Wildman–Crippen LogP) is 3.35. The van der Waals surface area contributed by atoms with Crippen molar-refractivity contribution in [1.29, 1.82) is 0 Å². The summed E-state index contributed by atoms with van der Waals surface area (Å²) in [5, 5.41) is 0. The fourth-order valence-corrected chi connectivity index (χ4v) is 1.94. The molecule has 0 spiro atoms. The predicted molar refractivity (Wildman–Crippen MR) is 46.9 cm³/mol. The lowest BCUT2D eigenvalue weighted by Crippen LogP contribution is -2.19. The van der Waals surface area contributed by atoms with Gasteiger partial charge >= 0.3 is 6.18 Å². The molecule has 0 aliphatic carbocycles. The smallest absolute Gasteiger partial charge is 0.323 e. The Hall–Kier alpha value is -0.260. The highest BCUT2D eigenvalue weighted by atomic mass is 35.5. The molecule has 0 unspecified atom stereocenters. The molecule has 1 atom stereocenters. The van der Waals surface area contributed by atoms with Gasteiger partial charge in [0.05, 0.1) is 10.8 Å². The van der Waals surface area contributed by atoms with E-state index in [1.807, 2.05) is 0 Å². The Kier molecular flexibility index (Phi) is 3.21. The lowest BCUT2D eigenvalue weighted by molar-refractivity contribution is -0.138. The summed E-state index contributed by atoms with van der Waals surface area (Å²) in [6.07, 6.45) is -5.24. The summed E-state index contributed by atoms with van der Waals surface area (Å²) in [6.45, 7) is 0. The minimum absolute atomic E-state index is 0.452. The Morgan fingerprint density at radius 2 is 2.08 bits per heavy atom. The molecule has 6 heteroatoms. The summed E-state index contributed by atoms with van der Waals surface area (Å²) in [5.74, 6) is 0. The molecule has 74 valence electrons. The number of alkyl halides is 3. The summed E-state index contributed by atoms with van der Waals surface area (Å²) in [4.78, 5) is 0.460. The van der Waals surface area contributed by atoms with E-state index in [1.165, 1.54) is 12.1 Å². The van der Waals surface area contributed by atoms with E-state index in [1.54, 1.807) is 0 Å². The van der Waals surface area contributed by atoms with Crippen molar-refractivity contribution >= 4 is 22.9 Å². The molecule has 0 saturated carbocycles. The maximum atomic E-state index is 11.9. The molecule has 0 amide bonds. The Morgan fingerprint density at radius 3 is 2.46 bits per heavy atom. The largest absolute Gasteiger partial charge is 0.390 e. The van der Waals surface area contributed by atoms with Crippen molar-refractivity contribution in [3.8, 4) is 0 Å². The highest BCUT2D eigenvalue weighted by molar-refractivity contribution is 7.16. The quantitative estimate of drug-likeness (QED) is 0.827.